The fourth-order valence-electron chi connectivity index (χ4n) is 5.64. The molecule has 8 nitrogen and oxygen atoms in total. The van der Waals surface area contributed by atoms with Crippen molar-refractivity contribution in [3.8, 4) is 0 Å². The molecule has 8 heteroatoms. The third-order valence-electron chi connectivity index (χ3n) is 6.85. The van der Waals surface area contributed by atoms with Gasteiger partial charge in [0, 0.05) is 38.3 Å². The number of morpholine rings is 1. The average molecular weight is 401 g/mol. The monoisotopic (exact) mass is 401 g/mol. The predicted octanol–water partition coefficient (Wildman–Crippen LogP) is 1.38. The fraction of sp³-hybridized carbons (Fsp3) is 0.619. The van der Waals surface area contributed by atoms with E-state index in [0.717, 1.165) is 50.8 Å². The van der Waals surface area contributed by atoms with Crippen molar-refractivity contribution in [2.75, 3.05) is 32.8 Å². The van der Waals surface area contributed by atoms with Crippen LogP contribution in [-0.4, -0.2) is 75.9 Å². The van der Waals surface area contributed by atoms with Crippen LogP contribution in [0.2, 0.25) is 0 Å². The van der Waals surface area contributed by atoms with Crippen LogP contribution in [0, 0.1) is 0 Å². The van der Waals surface area contributed by atoms with Crippen LogP contribution in [0.15, 0.2) is 33.5 Å². The first-order chi connectivity index (χ1) is 14.0. The van der Waals surface area contributed by atoms with Gasteiger partial charge >= 0.3 is 11.7 Å². The number of aromatic nitrogens is 1. The van der Waals surface area contributed by atoms with Crippen LogP contribution in [0.1, 0.15) is 25.7 Å². The highest BCUT2D eigenvalue weighted by Crippen LogP contribution is 2.43. The number of para-hydroxylation sites is 2. The van der Waals surface area contributed by atoms with E-state index in [1.165, 1.54) is 0 Å². The van der Waals surface area contributed by atoms with Crippen LogP contribution < -0.4 is 5.76 Å². The maximum atomic E-state index is 12.2. The molecule has 1 N–H and O–H groups in total. The van der Waals surface area contributed by atoms with Crippen molar-refractivity contribution in [3.63, 3.8) is 0 Å². The normalized spacial score (nSPS) is 30.3. The van der Waals surface area contributed by atoms with Crippen LogP contribution in [0.3, 0.4) is 0 Å². The highest BCUT2D eigenvalue weighted by molar-refractivity contribution is 5.72. The number of benzene rings is 1. The minimum atomic E-state index is -0.748. The van der Waals surface area contributed by atoms with Crippen molar-refractivity contribution in [1.29, 1.82) is 0 Å². The highest BCUT2D eigenvalue weighted by Gasteiger charge is 2.50. The number of rotatable bonds is 5. The van der Waals surface area contributed by atoms with Gasteiger partial charge in [-0.3, -0.25) is 19.2 Å². The Morgan fingerprint density at radius 1 is 1.17 bits per heavy atom. The zero-order valence-corrected chi connectivity index (χ0v) is 16.5. The quantitative estimate of drug-likeness (QED) is 0.810. The van der Waals surface area contributed by atoms with E-state index in [1.54, 1.807) is 4.57 Å². The number of oxazole rings is 1. The lowest BCUT2D eigenvalue weighted by Gasteiger charge is -2.50. The summed E-state index contributed by atoms with van der Waals surface area (Å²) in [5.41, 5.74) is 1.27. The summed E-state index contributed by atoms with van der Waals surface area (Å²) >= 11 is 0. The second-order valence-corrected chi connectivity index (χ2v) is 8.65. The molecule has 3 fully saturated rings. The van der Waals surface area contributed by atoms with Gasteiger partial charge in [0.25, 0.3) is 0 Å². The van der Waals surface area contributed by atoms with E-state index in [-0.39, 0.29) is 17.9 Å². The number of fused-ring (bicyclic) bond motifs is 3. The molecule has 0 aliphatic carbocycles. The number of hydrogen-bond acceptors (Lipinski definition) is 6. The highest BCUT2D eigenvalue weighted by atomic mass is 16.5. The molecule has 1 aromatic carbocycles. The Balaban J connectivity index is 1.26. The van der Waals surface area contributed by atoms with Gasteiger partial charge in [0.05, 0.1) is 24.3 Å². The number of nitrogens with zero attached hydrogens (tertiary/aromatic N) is 3. The standard InChI is InChI=1S/C21H27N3O5/c25-19(26)13-24-15-5-6-16(24)12-21(11-15)14-22(9-10-28-21)7-8-23-17-3-1-2-4-18(17)29-20(23)27/h1-4,15-16H,5-14H2,(H,25,26)/t15-,16+,21?. The third kappa shape index (κ3) is 3.49. The summed E-state index contributed by atoms with van der Waals surface area (Å²) in [6.45, 7) is 3.85. The maximum Gasteiger partial charge on any atom is 0.419 e. The summed E-state index contributed by atoms with van der Waals surface area (Å²) in [6, 6.07) is 8.11. The minimum absolute atomic E-state index is 0.131. The van der Waals surface area contributed by atoms with E-state index >= 15 is 0 Å². The molecule has 2 bridgehead atoms. The Labute approximate surface area is 168 Å². The van der Waals surface area contributed by atoms with Gasteiger partial charge in [0.15, 0.2) is 5.58 Å². The molecule has 29 heavy (non-hydrogen) atoms. The fourth-order valence-corrected chi connectivity index (χ4v) is 5.64. The first-order valence-electron chi connectivity index (χ1n) is 10.5. The van der Waals surface area contributed by atoms with Crippen LogP contribution in [-0.2, 0) is 16.1 Å². The van der Waals surface area contributed by atoms with Crippen molar-refractivity contribution in [1.82, 2.24) is 14.4 Å². The molecule has 5 rings (SSSR count). The summed E-state index contributed by atoms with van der Waals surface area (Å²) in [5, 5.41) is 9.21. The lowest BCUT2D eigenvalue weighted by Crippen LogP contribution is -2.60. The van der Waals surface area contributed by atoms with Gasteiger partial charge in [-0.15, -0.1) is 0 Å². The zero-order valence-electron chi connectivity index (χ0n) is 16.5. The lowest BCUT2D eigenvalue weighted by molar-refractivity contribution is -0.157. The zero-order chi connectivity index (χ0) is 20.0. The Bertz CT molecular complexity index is 953. The SMILES string of the molecule is O=C(O)CN1[C@@H]2CC[C@H]1CC1(C2)CN(CCn2c(=O)oc3ccccc32)CCO1. The topological polar surface area (TPSA) is 88.2 Å². The summed E-state index contributed by atoms with van der Waals surface area (Å²) in [5.74, 6) is -1.06. The van der Waals surface area contributed by atoms with Gasteiger partial charge in [-0.1, -0.05) is 12.1 Å². The van der Waals surface area contributed by atoms with Gasteiger partial charge in [-0.25, -0.2) is 4.79 Å². The van der Waals surface area contributed by atoms with Crippen LogP contribution >= 0.6 is 0 Å². The van der Waals surface area contributed by atoms with E-state index in [4.69, 9.17) is 9.15 Å². The van der Waals surface area contributed by atoms with Crippen molar-refractivity contribution < 1.29 is 19.1 Å². The Kier molecular flexibility index (Phi) is 4.72. The van der Waals surface area contributed by atoms with Crippen molar-refractivity contribution in [2.24, 2.45) is 0 Å². The number of ether oxygens (including phenoxy) is 1. The number of piperidine rings is 1. The molecular formula is C21H27N3O5. The Morgan fingerprint density at radius 2 is 1.93 bits per heavy atom. The molecule has 3 aliphatic rings. The average Bonchev–Trinajstić information content (AvgIpc) is 3.13. The van der Waals surface area contributed by atoms with Gasteiger partial charge in [-0.2, -0.15) is 0 Å². The van der Waals surface area contributed by atoms with E-state index < -0.39 is 5.97 Å². The van der Waals surface area contributed by atoms with Crippen LogP contribution in [0.5, 0.6) is 0 Å². The smallest absolute Gasteiger partial charge is 0.419 e. The van der Waals surface area contributed by atoms with Crippen molar-refractivity contribution in [2.45, 2.75) is 49.9 Å². The number of carbonyl (C=O) groups is 1. The molecule has 1 spiro atoms. The molecule has 0 radical (unpaired) electrons. The van der Waals surface area contributed by atoms with E-state index in [1.807, 2.05) is 24.3 Å². The molecule has 2 aromatic rings. The molecule has 1 aromatic heterocycles. The second kappa shape index (κ2) is 7.27. The molecule has 3 atom stereocenters. The summed E-state index contributed by atoms with van der Waals surface area (Å²) in [4.78, 5) is 28.0. The Hall–Kier alpha value is -2.16. The number of carboxylic acid groups (broad SMARTS) is 1. The predicted molar refractivity (Wildman–Crippen MR) is 106 cm³/mol. The molecule has 0 saturated carbocycles. The summed E-state index contributed by atoms with van der Waals surface area (Å²) in [6.07, 6.45) is 3.89. The van der Waals surface area contributed by atoms with Crippen molar-refractivity contribution >= 4 is 17.1 Å². The molecule has 0 amide bonds. The largest absolute Gasteiger partial charge is 0.480 e. The van der Waals surface area contributed by atoms with E-state index in [9.17, 15) is 14.7 Å². The molecule has 3 saturated heterocycles. The van der Waals surface area contributed by atoms with Crippen LogP contribution in [0.25, 0.3) is 11.1 Å². The van der Waals surface area contributed by atoms with Gasteiger partial charge in [0.2, 0.25) is 0 Å². The van der Waals surface area contributed by atoms with Gasteiger partial charge in [0.1, 0.15) is 0 Å². The second-order valence-electron chi connectivity index (χ2n) is 8.65. The number of aliphatic carboxylic acids is 1. The van der Waals surface area contributed by atoms with E-state index in [2.05, 4.69) is 9.80 Å². The van der Waals surface area contributed by atoms with E-state index in [0.29, 0.717) is 30.8 Å². The minimum Gasteiger partial charge on any atom is -0.480 e. The number of carboxylic acids is 1. The first kappa shape index (κ1) is 18.8. The summed E-state index contributed by atoms with van der Waals surface area (Å²) in [7, 11) is 0. The van der Waals surface area contributed by atoms with Gasteiger partial charge < -0.3 is 14.3 Å². The molecule has 3 aliphatic heterocycles. The lowest BCUT2D eigenvalue weighted by atomic mass is 9.84. The maximum absolute atomic E-state index is 12.2. The summed E-state index contributed by atoms with van der Waals surface area (Å²) < 4.78 is 13.3. The molecule has 1 unspecified atom stereocenters. The number of hydrogen-bond donors (Lipinski definition) is 1. The third-order valence-corrected chi connectivity index (χ3v) is 6.85. The molecule has 4 heterocycles. The molecule has 156 valence electrons. The molecular weight excluding hydrogens is 374 g/mol. The van der Waals surface area contributed by atoms with Gasteiger partial charge in [-0.05, 0) is 37.8 Å². The first-order valence-corrected chi connectivity index (χ1v) is 10.5. The van der Waals surface area contributed by atoms with Crippen molar-refractivity contribution in [3.05, 3.63) is 34.8 Å². The van der Waals surface area contributed by atoms with Crippen LogP contribution in [0.4, 0.5) is 0 Å². The Morgan fingerprint density at radius 3 is 2.69 bits per heavy atom.